The third kappa shape index (κ3) is 5.75. The van der Waals surface area contributed by atoms with Crippen LogP contribution in [0, 0.1) is 0 Å². The number of nitrogens with zero attached hydrogens (tertiary/aromatic N) is 4. The van der Waals surface area contributed by atoms with Gasteiger partial charge in [-0.25, -0.2) is 4.98 Å². The first-order chi connectivity index (χ1) is 24.7. The molecule has 2 heterocycles. The molecule has 1 amide bonds. The molecule has 0 aliphatic carbocycles. The van der Waals surface area contributed by atoms with E-state index in [4.69, 9.17) is 4.98 Å². The van der Waals surface area contributed by atoms with Gasteiger partial charge in [0.25, 0.3) is 5.91 Å². The van der Waals surface area contributed by atoms with Crippen LogP contribution in [0.3, 0.4) is 0 Å². The molecular weight excluding hydrogens is 613 g/mol. The van der Waals surface area contributed by atoms with E-state index in [1.165, 1.54) is 27.9 Å². The van der Waals surface area contributed by atoms with E-state index in [1.54, 1.807) is 0 Å². The number of carbonyl (C=O) groups excluding carboxylic acids is 1. The number of para-hydroxylation sites is 1. The molecule has 5 nitrogen and oxygen atoms in total. The Morgan fingerprint density at radius 2 is 1.24 bits per heavy atom. The quantitative estimate of drug-likeness (QED) is 0.146. The van der Waals surface area contributed by atoms with Crippen molar-refractivity contribution in [3.63, 3.8) is 0 Å². The molecule has 0 unspecified atom stereocenters. The maximum Gasteiger partial charge on any atom is 0.254 e. The Kier molecular flexibility index (Phi) is 8.70. The number of aryl methyl sites for hydroxylation is 1. The zero-order valence-corrected chi connectivity index (χ0v) is 28.1. The highest BCUT2D eigenvalue weighted by molar-refractivity contribution is 6.07. The highest BCUT2D eigenvalue weighted by Gasteiger charge is 2.39. The van der Waals surface area contributed by atoms with E-state index in [0.29, 0.717) is 13.1 Å². The third-order valence-corrected chi connectivity index (χ3v) is 10.1. The van der Waals surface area contributed by atoms with Gasteiger partial charge < -0.3 is 14.4 Å². The van der Waals surface area contributed by atoms with Crippen molar-refractivity contribution in [2.45, 2.75) is 24.9 Å². The maximum absolute atomic E-state index is 14.0. The van der Waals surface area contributed by atoms with Gasteiger partial charge in [0.15, 0.2) is 0 Å². The summed E-state index contributed by atoms with van der Waals surface area (Å²) in [5.41, 5.74) is 6.12. The molecule has 50 heavy (non-hydrogen) atoms. The van der Waals surface area contributed by atoms with Crippen molar-refractivity contribution in [1.29, 1.82) is 0 Å². The van der Waals surface area contributed by atoms with Crippen LogP contribution in [0.15, 0.2) is 170 Å². The molecule has 5 heteroatoms. The van der Waals surface area contributed by atoms with E-state index in [2.05, 4.69) is 143 Å². The molecule has 0 spiro atoms. The van der Waals surface area contributed by atoms with Crippen molar-refractivity contribution < 1.29 is 4.79 Å². The van der Waals surface area contributed by atoms with Crippen molar-refractivity contribution >= 4 is 22.4 Å². The number of hydrogen-bond acceptors (Lipinski definition) is 3. The Labute approximate surface area is 294 Å². The molecule has 7 aromatic rings. The van der Waals surface area contributed by atoms with Crippen molar-refractivity contribution in [1.82, 2.24) is 14.5 Å². The molecule has 8 rings (SSSR count). The maximum atomic E-state index is 14.0. The summed E-state index contributed by atoms with van der Waals surface area (Å²) >= 11 is 0. The van der Waals surface area contributed by atoms with E-state index in [-0.39, 0.29) is 5.91 Å². The molecule has 1 aromatic heterocycles. The van der Waals surface area contributed by atoms with Crippen LogP contribution in [0.2, 0.25) is 0 Å². The lowest BCUT2D eigenvalue weighted by molar-refractivity contribution is 0.0753. The molecule has 1 aliphatic rings. The number of carbonyl (C=O) groups is 1. The monoisotopic (exact) mass is 652 g/mol. The normalized spacial score (nSPS) is 13.2. The first-order valence-corrected chi connectivity index (χ1v) is 17.5. The Bertz CT molecular complexity index is 2110. The van der Waals surface area contributed by atoms with E-state index in [9.17, 15) is 4.79 Å². The van der Waals surface area contributed by atoms with Gasteiger partial charge in [0.1, 0.15) is 11.4 Å². The smallest absolute Gasteiger partial charge is 0.254 e. The fraction of sp³-hybridized carbons (Fsp3) is 0.156. The fourth-order valence-corrected chi connectivity index (χ4v) is 7.80. The average molecular weight is 653 g/mol. The third-order valence-electron chi connectivity index (χ3n) is 10.1. The summed E-state index contributed by atoms with van der Waals surface area (Å²) in [6.07, 6.45) is 5.80. The molecular formula is C45H40N4O. The van der Waals surface area contributed by atoms with Crippen molar-refractivity contribution in [2.24, 2.45) is 0 Å². The van der Waals surface area contributed by atoms with Crippen molar-refractivity contribution in [2.75, 3.05) is 24.5 Å². The SMILES string of the molecule is O=C(c1cccc2ccccc12)N1CCN(CCCc2nccn2C(c2ccccc2)(c2ccccc2)c2ccccc2)c2ccccc2C1. The van der Waals surface area contributed by atoms with Crippen LogP contribution in [0.4, 0.5) is 5.69 Å². The highest BCUT2D eigenvalue weighted by Crippen LogP contribution is 2.41. The summed E-state index contributed by atoms with van der Waals surface area (Å²) in [7, 11) is 0. The van der Waals surface area contributed by atoms with E-state index in [0.717, 1.165) is 48.1 Å². The second-order valence-corrected chi connectivity index (χ2v) is 13.0. The second kappa shape index (κ2) is 13.9. The summed E-state index contributed by atoms with van der Waals surface area (Å²) in [5.74, 6) is 1.12. The molecule has 0 saturated heterocycles. The standard InChI is InChI=1S/C45H40N4O/c50-44(41-26-14-18-35-16-10-12-25-40(35)41)48-33-32-47(42-27-13-11-17-36(42)34-48)30-15-28-43-46-29-31-49(43)45(37-19-4-1-5-20-37,38-21-6-2-7-22-38)39-23-8-3-9-24-39/h1-14,16-27,29,31H,15,28,30,32-34H2. The molecule has 0 atom stereocenters. The number of benzene rings is 6. The number of aromatic nitrogens is 2. The Morgan fingerprint density at radius 1 is 0.640 bits per heavy atom. The topological polar surface area (TPSA) is 41.4 Å². The van der Waals surface area contributed by atoms with Gasteiger partial charge in [-0.3, -0.25) is 4.79 Å². The van der Waals surface area contributed by atoms with Crippen LogP contribution in [-0.4, -0.2) is 40.0 Å². The first kappa shape index (κ1) is 31.3. The summed E-state index contributed by atoms with van der Waals surface area (Å²) in [5, 5.41) is 2.09. The van der Waals surface area contributed by atoms with Gasteiger partial charge in [0.05, 0.1) is 0 Å². The lowest BCUT2D eigenvalue weighted by Gasteiger charge is -2.38. The van der Waals surface area contributed by atoms with Crippen LogP contribution in [0.1, 0.15) is 44.9 Å². The molecule has 0 saturated carbocycles. The number of rotatable bonds is 9. The van der Waals surface area contributed by atoms with Crippen molar-refractivity contribution in [3.05, 3.63) is 204 Å². The molecule has 6 aromatic carbocycles. The molecule has 0 N–H and O–H groups in total. The minimum absolute atomic E-state index is 0.0829. The van der Waals surface area contributed by atoms with Crippen LogP contribution >= 0.6 is 0 Å². The van der Waals surface area contributed by atoms with Gasteiger partial charge in [-0.05, 0) is 51.6 Å². The summed E-state index contributed by atoms with van der Waals surface area (Å²) in [4.78, 5) is 23.5. The molecule has 0 fully saturated rings. The van der Waals surface area contributed by atoms with Gasteiger partial charge in [0, 0.05) is 56.2 Å². The molecule has 1 aliphatic heterocycles. The van der Waals surface area contributed by atoms with Crippen molar-refractivity contribution in [3.8, 4) is 0 Å². The van der Waals surface area contributed by atoms with Crippen LogP contribution < -0.4 is 4.90 Å². The molecule has 0 radical (unpaired) electrons. The average Bonchev–Trinajstić information content (AvgIpc) is 3.57. The van der Waals surface area contributed by atoms with Crippen LogP contribution in [0.25, 0.3) is 10.8 Å². The zero-order valence-electron chi connectivity index (χ0n) is 28.1. The number of imidazole rings is 1. The van der Waals surface area contributed by atoms with Crippen LogP contribution in [-0.2, 0) is 18.5 Å². The van der Waals surface area contributed by atoms with E-state index >= 15 is 0 Å². The largest absolute Gasteiger partial charge is 0.369 e. The summed E-state index contributed by atoms with van der Waals surface area (Å²) < 4.78 is 2.38. The minimum atomic E-state index is -0.590. The fourth-order valence-electron chi connectivity index (χ4n) is 7.80. The van der Waals surface area contributed by atoms with E-state index < -0.39 is 5.54 Å². The highest BCUT2D eigenvalue weighted by atomic mass is 16.2. The predicted molar refractivity (Wildman–Crippen MR) is 202 cm³/mol. The van der Waals surface area contributed by atoms with Gasteiger partial charge >= 0.3 is 0 Å². The summed E-state index contributed by atoms with van der Waals surface area (Å²) in [6, 6.07) is 55.0. The summed E-state index contributed by atoms with van der Waals surface area (Å²) in [6.45, 7) is 2.87. The number of hydrogen-bond donors (Lipinski definition) is 0. The molecule has 0 bridgehead atoms. The Morgan fingerprint density at radius 3 is 1.94 bits per heavy atom. The Balaban J connectivity index is 1.08. The number of anilines is 1. The Hall–Kier alpha value is -5.94. The minimum Gasteiger partial charge on any atom is -0.369 e. The first-order valence-electron chi connectivity index (χ1n) is 17.5. The van der Waals surface area contributed by atoms with Gasteiger partial charge in [-0.2, -0.15) is 0 Å². The zero-order chi connectivity index (χ0) is 33.8. The van der Waals surface area contributed by atoms with Gasteiger partial charge in [-0.15, -0.1) is 0 Å². The number of amides is 1. The van der Waals surface area contributed by atoms with Gasteiger partial charge in [-0.1, -0.05) is 146 Å². The molecule has 246 valence electrons. The lowest BCUT2D eigenvalue weighted by Crippen LogP contribution is -2.39. The second-order valence-electron chi connectivity index (χ2n) is 13.0. The lowest BCUT2D eigenvalue weighted by atomic mass is 9.76. The van der Waals surface area contributed by atoms with Gasteiger partial charge in [0.2, 0.25) is 0 Å². The van der Waals surface area contributed by atoms with E-state index in [1.807, 2.05) is 41.4 Å². The number of fused-ring (bicyclic) bond motifs is 2. The van der Waals surface area contributed by atoms with Crippen LogP contribution in [0.5, 0.6) is 0 Å². The predicted octanol–water partition coefficient (Wildman–Crippen LogP) is 8.97.